The number of thiophene rings is 1. The second-order valence-electron chi connectivity index (χ2n) is 8.48. The highest BCUT2D eigenvalue weighted by Gasteiger charge is 2.65. The lowest BCUT2D eigenvalue weighted by molar-refractivity contribution is -0.128. The zero-order chi connectivity index (χ0) is 19.4. The predicted molar refractivity (Wildman–Crippen MR) is 107 cm³/mol. The summed E-state index contributed by atoms with van der Waals surface area (Å²) in [6, 6.07) is 7.74. The molecule has 2 fully saturated rings. The van der Waals surface area contributed by atoms with Crippen LogP contribution in [0.4, 0.5) is 0 Å². The summed E-state index contributed by atoms with van der Waals surface area (Å²) in [4.78, 5) is 12.6. The topological polar surface area (TPSA) is 83.5 Å². The summed E-state index contributed by atoms with van der Waals surface area (Å²) in [5.74, 6) is 0.181. The van der Waals surface area contributed by atoms with Gasteiger partial charge in [0.05, 0.1) is 11.9 Å². The zero-order valence-electron chi connectivity index (χ0n) is 15.6. The molecule has 2 aliphatic rings. The van der Waals surface area contributed by atoms with Gasteiger partial charge in [0, 0.05) is 28.6 Å². The number of hydrogen-bond donors (Lipinski definition) is 2. The van der Waals surface area contributed by atoms with E-state index in [0.717, 1.165) is 22.1 Å². The number of sulfonamides is 1. The summed E-state index contributed by atoms with van der Waals surface area (Å²) < 4.78 is 29.1. The first kappa shape index (κ1) is 19.1. The molecule has 2 aliphatic carbocycles. The highest BCUT2D eigenvalue weighted by atomic mass is 32.2. The lowest BCUT2D eigenvalue weighted by Crippen LogP contribution is -2.45. The van der Waals surface area contributed by atoms with E-state index in [0.29, 0.717) is 12.8 Å². The number of hydrogen-bond acceptors (Lipinski definition) is 5. The molecular formula is C20H25NO4S2. The summed E-state index contributed by atoms with van der Waals surface area (Å²) in [6.45, 7) is 3.96. The van der Waals surface area contributed by atoms with Crippen LogP contribution in [0.2, 0.25) is 0 Å². The molecule has 2 N–H and O–H groups in total. The van der Waals surface area contributed by atoms with Crippen molar-refractivity contribution in [1.82, 2.24) is 4.72 Å². The molecule has 0 amide bonds. The van der Waals surface area contributed by atoms with E-state index in [-0.39, 0.29) is 29.4 Å². The Morgan fingerprint density at radius 2 is 2.07 bits per heavy atom. The second kappa shape index (κ2) is 6.37. The number of aliphatic hydroxyl groups is 1. The van der Waals surface area contributed by atoms with Crippen molar-refractivity contribution in [2.24, 2.45) is 16.7 Å². The zero-order valence-corrected chi connectivity index (χ0v) is 17.2. The fraction of sp³-hybridized carbons (Fsp3) is 0.550. The minimum atomic E-state index is -3.68. The Hall–Kier alpha value is -1.28. The van der Waals surface area contributed by atoms with Gasteiger partial charge in [-0.15, -0.1) is 11.3 Å². The van der Waals surface area contributed by atoms with Crippen molar-refractivity contribution in [3.05, 3.63) is 35.2 Å². The van der Waals surface area contributed by atoms with Crippen LogP contribution in [-0.2, 0) is 14.8 Å². The molecule has 5 nitrogen and oxygen atoms in total. The summed E-state index contributed by atoms with van der Waals surface area (Å²) in [5.41, 5.74) is -0.348. The molecule has 2 saturated carbocycles. The molecule has 2 aromatic rings. The van der Waals surface area contributed by atoms with E-state index < -0.39 is 21.5 Å². The average Bonchev–Trinajstić information content (AvgIpc) is 3.19. The van der Waals surface area contributed by atoms with E-state index in [1.807, 2.05) is 43.5 Å². The largest absolute Gasteiger partial charge is 0.387 e. The minimum absolute atomic E-state index is 0.0819. The molecule has 3 atom stereocenters. The first-order chi connectivity index (χ1) is 12.7. The van der Waals surface area contributed by atoms with Gasteiger partial charge in [0.15, 0.2) is 0 Å². The maximum absolute atomic E-state index is 12.8. The Labute approximate surface area is 163 Å². The summed E-state index contributed by atoms with van der Waals surface area (Å²) in [5, 5.41) is 13.3. The Balaban J connectivity index is 1.49. The van der Waals surface area contributed by atoms with Crippen LogP contribution in [0.3, 0.4) is 0 Å². The van der Waals surface area contributed by atoms with Gasteiger partial charge in [-0.1, -0.05) is 32.0 Å². The Kier molecular flexibility index (Phi) is 4.50. The minimum Gasteiger partial charge on any atom is -0.387 e. The molecule has 1 aromatic heterocycles. The molecular weight excluding hydrogens is 382 g/mol. The maximum atomic E-state index is 12.8. The normalized spacial score (nSPS) is 28.1. The number of carbonyl (C=O) groups is 1. The number of benzene rings is 1. The van der Waals surface area contributed by atoms with Crippen molar-refractivity contribution in [3.8, 4) is 0 Å². The fourth-order valence-electron chi connectivity index (χ4n) is 5.06. The average molecular weight is 408 g/mol. The molecule has 0 radical (unpaired) electrons. The monoisotopic (exact) mass is 407 g/mol. The van der Waals surface area contributed by atoms with E-state index in [1.165, 1.54) is 11.3 Å². The van der Waals surface area contributed by atoms with Crippen LogP contribution < -0.4 is 4.72 Å². The van der Waals surface area contributed by atoms with E-state index in [4.69, 9.17) is 0 Å². The SMILES string of the molecule is CC1(C)[C@H]2CC[C@@]1(CS(=O)(=O)NC[C@H](O)c1csc3ccccc13)C(=O)C2. The van der Waals surface area contributed by atoms with Crippen LogP contribution in [0.1, 0.15) is 44.8 Å². The number of ketones is 1. The molecule has 0 aliphatic heterocycles. The molecule has 2 bridgehead atoms. The quantitative estimate of drug-likeness (QED) is 0.770. The van der Waals surface area contributed by atoms with E-state index >= 15 is 0 Å². The molecule has 4 rings (SSSR count). The standard InChI is InChI=1S/C20H25NO4S2/c1-19(2)13-7-8-20(19,18(23)9-13)12-27(24,25)21-10-16(22)15-11-26-17-6-4-3-5-14(15)17/h3-6,11,13,16,21-22H,7-10,12H2,1-2H3/t13-,16-,20+/m0/s1. The fourth-order valence-corrected chi connectivity index (χ4v) is 7.90. The van der Waals surface area contributed by atoms with Gasteiger partial charge >= 0.3 is 0 Å². The van der Waals surface area contributed by atoms with E-state index in [1.54, 1.807) is 0 Å². The van der Waals surface area contributed by atoms with Crippen LogP contribution >= 0.6 is 11.3 Å². The van der Waals surface area contributed by atoms with Gasteiger partial charge in [0.2, 0.25) is 10.0 Å². The number of nitrogens with one attached hydrogen (secondary N) is 1. The molecule has 0 spiro atoms. The molecule has 0 unspecified atom stereocenters. The van der Waals surface area contributed by atoms with Crippen molar-refractivity contribution >= 4 is 37.2 Å². The lowest BCUT2D eigenvalue weighted by atomic mass is 9.70. The highest BCUT2D eigenvalue weighted by molar-refractivity contribution is 7.89. The smallest absolute Gasteiger partial charge is 0.212 e. The molecule has 27 heavy (non-hydrogen) atoms. The number of carbonyl (C=O) groups excluding carboxylic acids is 1. The first-order valence-electron chi connectivity index (χ1n) is 9.31. The molecule has 1 aromatic carbocycles. The van der Waals surface area contributed by atoms with Gasteiger partial charge < -0.3 is 5.11 Å². The van der Waals surface area contributed by atoms with Crippen LogP contribution in [0, 0.1) is 16.7 Å². The third kappa shape index (κ3) is 2.95. The van der Waals surface area contributed by atoms with E-state index in [9.17, 15) is 18.3 Å². The van der Waals surface area contributed by atoms with Crippen LogP contribution in [0.25, 0.3) is 10.1 Å². The van der Waals surface area contributed by atoms with Gasteiger partial charge in [0.1, 0.15) is 5.78 Å². The summed E-state index contributed by atoms with van der Waals surface area (Å²) in [7, 11) is -3.68. The lowest BCUT2D eigenvalue weighted by Gasteiger charge is -2.36. The van der Waals surface area contributed by atoms with Gasteiger partial charge in [-0.25, -0.2) is 13.1 Å². The van der Waals surface area contributed by atoms with Crippen molar-refractivity contribution in [2.75, 3.05) is 12.3 Å². The van der Waals surface area contributed by atoms with Crippen LogP contribution in [-0.4, -0.2) is 31.6 Å². The number of aliphatic hydroxyl groups excluding tert-OH is 1. The number of rotatable bonds is 6. The summed E-state index contributed by atoms with van der Waals surface area (Å²) in [6.07, 6.45) is 1.13. The molecule has 7 heteroatoms. The predicted octanol–water partition coefficient (Wildman–Crippen LogP) is 3.25. The van der Waals surface area contributed by atoms with Crippen LogP contribution in [0.15, 0.2) is 29.6 Å². The summed E-state index contributed by atoms with van der Waals surface area (Å²) >= 11 is 1.53. The van der Waals surface area contributed by atoms with Crippen LogP contribution in [0.5, 0.6) is 0 Å². The van der Waals surface area contributed by atoms with Gasteiger partial charge in [-0.05, 0) is 41.0 Å². The third-order valence-electron chi connectivity index (χ3n) is 6.94. The molecule has 1 heterocycles. The Morgan fingerprint density at radius 3 is 2.74 bits per heavy atom. The third-order valence-corrected chi connectivity index (χ3v) is 9.40. The Morgan fingerprint density at radius 1 is 1.33 bits per heavy atom. The highest BCUT2D eigenvalue weighted by Crippen LogP contribution is 2.64. The maximum Gasteiger partial charge on any atom is 0.212 e. The van der Waals surface area contributed by atoms with Crippen molar-refractivity contribution in [3.63, 3.8) is 0 Å². The van der Waals surface area contributed by atoms with Gasteiger partial charge in [0.25, 0.3) is 0 Å². The molecule has 0 saturated heterocycles. The Bertz CT molecular complexity index is 994. The molecule has 146 valence electrons. The number of Topliss-reactive ketones (excluding diaryl/α,β-unsaturated/α-hetero) is 1. The van der Waals surface area contributed by atoms with E-state index in [2.05, 4.69) is 4.72 Å². The van der Waals surface area contributed by atoms with Gasteiger partial charge in [-0.2, -0.15) is 0 Å². The van der Waals surface area contributed by atoms with Gasteiger partial charge in [-0.3, -0.25) is 4.79 Å². The number of fused-ring (bicyclic) bond motifs is 3. The van der Waals surface area contributed by atoms with Crippen molar-refractivity contribution in [2.45, 2.75) is 39.2 Å². The second-order valence-corrected chi connectivity index (χ2v) is 11.2. The van der Waals surface area contributed by atoms with Crippen molar-refractivity contribution in [1.29, 1.82) is 0 Å². The first-order valence-corrected chi connectivity index (χ1v) is 11.8. The van der Waals surface area contributed by atoms with Crippen molar-refractivity contribution < 1.29 is 18.3 Å².